The number of amides is 2. The second-order valence-corrected chi connectivity index (χ2v) is 6.62. The van der Waals surface area contributed by atoms with Gasteiger partial charge in [0.15, 0.2) is 0 Å². The first-order chi connectivity index (χ1) is 10.9. The summed E-state index contributed by atoms with van der Waals surface area (Å²) in [4.78, 5) is 25.8. The highest BCUT2D eigenvalue weighted by molar-refractivity contribution is 5.99. The molecule has 1 heterocycles. The van der Waals surface area contributed by atoms with Gasteiger partial charge in [0.25, 0.3) is 5.91 Å². The van der Waals surface area contributed by atoms with Gasteiger partial charge in [-0.3, -0.25) is 9.59 Å². The lowest BCUT2D eigenvalue weighted by Gasteiger charge is -2.29. The van der Waals surface area contributed by atoms with Crippen molar-refractivity contribution < 1.29 is 19.1 Å². The summed E-state index contributed by atoms with van der Waals surface area (Å²) in [5, 5.41) is 12.3. The van der Waals surface area contributed by atoms with Gasteiger partial charge in [-0.25, -0.2) is 4.39 Å². The van der Waals surface area contributed by atoms with E-state index in [-0.39, 0.29) is 24.0 Å². The number of carbonyl (C=O) groups is 2. The van der Waals surface area contributed by atoms with Crippen LogP contribution in [0.4, 0.5) is 10.1 Å². The molecule has 1 aromatic carbocycles. The van der Waals surface area contributed by atoms with Crippen LogP contribution in [0, 0.1) is 11.7 Å². The van der Waals surface area contributed by atoms with Crippen molar-refractivity contribution in [1.29, 1.82) is 0 Å². The molecule has 2 aliphatic rings. The molecule has 2 N–H and O–H groups in total. The second-order valence-electron chi connectivity index (χ2n) is 6.62. The minimum Gasteiger partial charge on any atom is -0.394 e. The maximum Gasteiger partial charge on any atom is 0.254 e. The summed E-state index contributed by atoms with van der Waals surface area (Å²) in [5.74, 6) is -0.975. The van der Waals surface area contributed by atoms with Crippen molar-refractivity contribution in [2.45, 2.75) is 38.1 Å². The van der Waals surface area contributed by atoms with Gasteiger partial charge < -0.3 is 15.3 Å². The Morgan fingerprint density at radius 1 is 1.48 bits per heavy atom. The Bertz CT molecular complexity index is 645. The fourth-order valence-corrected chi connectivity index (χ4v) is 3.09. The normalized spacial score (nSPS) is 20.5. The molecule has 1 saturated carbocycles. The molecule has 1 aliphatic carbocycles. The van der Waals surface area contributed by atoms with Crippen LogP contribution in [0.25, 0.3) is 0 Å². The molecule has 0 spiro atoms. The molecule has 0 aromatic heterocycles. The monoisotopic (exact) mass is 320 g/mol. The van der Waals surface area contributed by atoms with Crippen LogP contribution < -0.4 is 10.2 Å². The smallest absolute Gasteiger partial charge is 0.254 e. The van der Waals surface area contributed by atoms with E-state index >= 15 is 0 Å². The number of aliphatic hydroxyl groups is 1. The first-order valence-electron chi connectivity index (χ1n) is 7.98. The van der Waals surface area contributed by atoms with Gasteiger partial charge in [0.1, 0.15) is 5.82 Å². The quantitative estimate of drug-likeness (QED) is 0.870. The zero-order chi connectivity index (χ0) is 16.6. The lowest BCUT2D eigenvalue weighted by molar-refractivity contribution is -0.117. The molecule has 5 nitrogen and oxygen atoms in total. The van der Waals surface area contributed by atoms with Gasteiger partial charge in [-0.1, -0.05) is 0 Å². The Balaban J connectivity index is 1.83. The summed E-state index contributed by atoms with van der Waals surface area (Å²) in [5.41, 5.74) is -0.290. The summed E-state index contributed by atoms with van der Waals surface area (Å²) in [7, 11) is 0. The van der Waals surface area contributed by atoms with Crippen LogP contribution in [0.2, 0.25) is 0 Å². The van der Waals surface area contributed by atoms with Crippen LogP contribution in [0.15, 0.2) is 18.2 Å². The first-order valence-corrected chi connectivity index (χ1v) is 7.98. The first kappa shape index (κ1) is 15.9. The minimum atomic E-state index is -0.733. The summed E-state index contributed by atoms with van der Waals surface area (Å²) in [6, 6.07) is 4.14. The van der Waals surface area contributed by atoms with E-state index in [1.165, 1.54) is 18.2 Å². The topological polar surface area (TPSA) is 69.6 Å². The summed E-state index contributed by atoms with van der Waals surface area (Å²) in [6.45, 7) is 2.17. The summed E-state index contributed by atoms with van der Waals surface area (Å²) >= 11 is 0. The van der Waals surface area contributed by atoms with Crippen molar-refractivity contribution in [2.75, 3.05) is 18.1 Å². The zero-order valence-electron chi connectivity index (χ0n) is 13.1. The predicted molar refractivity (Wildman–Crippen MR) is 83.7 cm³/mol. The highest BCUT2D eigenvalue weighted by atomic mass is 19.1. The molecule has 1 aromatic rings. The Morgan fingerprint density at radius 2 is 2.22 bits per heavy atom. The van der Waals surface area contributed by atoms with Gasteiger partial charge in [0.2, 0.25) is 5.91 Å². The number of nitrogens with one attached hydrogen (secondary N) is 1. The number of benzene rings is 1. The fraction of sp³-hybridized carbons (Fsp3) is 0.529. The molecule has 2 fully saturated rings. The van der Waals surface area contributed by atoms with Crippen LogP contribution in [-0.2, 0) is 4.79 Å². The van der Waals surface area contributed by atoms with Crippen molar-refractivity contribution in [3.63, 3.8) is 0 Å². The van der Waals surface area contributed by atoms with Crippen molar-refractivity contribution in [3.05, 3.63) is 29.6 Å². The van der Waals surface area contributed by atoms with Gasteiger partial charge in [0.05, 0.1) is 17.7 Å². The Labute approximate surface area is 134 Å². The Morgan fingerprint density at radius 3 is 2.78 bits per heavy atom. The molecule has 23 heavy (non-hydrogen) atoms. The number of nitrogens with zero attached hydrogens (tertiary/aromatic N) is 1. The van der Waals surface area contributed by atoms with Crippen LogP contribution in [0.1, 0.15) is 43.0 Å². The van der Waals surface area contributed by atoms with E-state index in [9.17, 15) is 19.1 Å². The SMILES string of the molecule is CC(CO)(NC(=O)c1cc(N2CCCC2=O)ccc1F)C1CC1. The highest BCUT2D eigenvalue weighted by Gasteiger charge is 2.42. The molecular weight excluding hydrogens is 299 g/mol. The van der Waals surface area contributed by atoms with Crippen molar-refractivity contribution in [1.82, 2.24) is 5.32 Å². The molecule has 1 unspecified atom stereocenters. The van der Waals surface area contributed by atoms with Gasteiger partial charge >= 0.3 is 0 Å². The maximum absolute atomic E-state index is 14.1. The van der Waals surface area contributed by atoms with E-state index in [2.05, 4.69) is 5.32 Å². The van der Waals surface area contributed by atoms with Crippen molar-refractivity contribution in [3.8, 4) is 0 Å². The molecule has 124 valence electrons. The van der Waals surface area contributed by atoms with E-state index in [1.807, 2.05) is 0 Å². The zero-order valence-corrected chi connectivity index (χ0v) is 13.1. The molecule has 6 heteroatoms. The lowest BCUT2D eigenvalue weighted by atomic mass is 9.96. The number of rotatable bonds is 5. The number of hydrogen-bond acceptors (Lipinski definition) is 3. The molecular formula is C17H21FN2O3. The molecule has 0 bridgehead atoms. The average molecular weight is 320 g/mol. The maximum atomic E-state index is 14.1. The van der Waals surface area contributed by atoms with Gasteiger partial charge in [-0.2, -0.15) is 0 Å². The third kappa shape index (κ3) is 3.08. The van der Waals surface area contributed by atoms with E-state index in [1.54, 1.807) is 11.8 Å². The Kier molecular flexibility index (Phi) is 4.10. The van der Waals surface area contributed by atoms with Crippen LogP contribution in [-0.4, -0.2) is 35.6 Å². The molecule has 1 atom stereocenters. The predicted octanol–water partition coefficient (Wildman–Crippen LogP) is 1.84. The third-order valence-corrected chi connectivity index (χ3v) is 4.79. The van der Waals surface area contributed by atoms with E-state index in [0.29, 0.717) is 18.7 Å². The van der Waals surface area contributed by atoms with Gasteiger partial charge in [-0.15, -0.1) is 0 Å². The number of hydrogen-bond donors (Lipinski definition) is 2. The number of aliphatic hydroxyl groups excluding tert-OH is 1. The van der Waals surface area contributed by atoms with E-state index in [0.717, 1.165) is 19.3 Å². The van der Waals surface area contributed by atoms with Gasteiger partial charge in [-0.05, 0) is 50.3 Å². The van der Waals surface area contributed by atoms with Crippen molar-refractivity contribution >= 4 is 17.5 Å². The minimum absolute atomic E-state index is 0.0128. The average Bonchev–Trinajstić information content (AvgIpc) is 3.31. The highest BCUT2D eigenvalue weighted by Crippen LogP contribution is 2.39. The molecule has 1 saturated heterocycles. The van der Waals surface area contributed by atoms with Crippen LogP contribution in [0.5, 0.6) is 0 Å². The molecule has 2 amide bonds. The van der Waals surface area contributed by atoms with Crippen molar-refractivity contribution in [2.24, 2.45) is 5.92 Å². The standard InChI is InChI=1S/C17H21FN2O3/c1-17(10-21,11-4-5-11)19-16(23)13-9-12(6-7-14(13)18)20-8-2-3-15(20)22/h6-7,9,11,21H,2-5,8,10H2,1H3,(H,19,23). The summed E-state index contributed by atoms with van der Waals surface area (Å²) < 4.78 is 14.1. The number of halogens is 1. The molecule has 1 aliphatic heterocycles. The number of carbonyl (C=O) groups excluding carboxylic acids is 2. The lowest BCUT2D eigenvalue weighted by Crippen LogP contribution is -2.51. The molecule has 3 rings (SSSR count). The summed E-state index contributed by atoms with van der Waals surface area (Å²) in [6.07, 6.45) is 3.13. The Hall–Kier alpha value is -1.95. The number of anilines is 1. The fourth-order valence-electron chi connectivity index (χ4n) is 3.09. The largest absolute Gasteiger partial charge is 0.394 e. The van der Waals surface area contributed by atoms with E-state index in [4.69, 9.17) is 0 Å². The van der Waals surface area contributed by atoms with E-state index < -0.39 is 17.3 Å². The van der Waals surface area contributed by atoms with Crippen LogP contribution >= 0.6 is 0 Å². The molecule has 0 radical (unpaired) electrons. The van der Waals surface area contributed by atoms with Gasteiger partial charge in [0, 0.05) is 18.7 Å². The van der Waals surface area contributed by atoms with Crippen LogP contribution in [0.3, 0.4) is 0 Å². The third-order valence-electron chi connectivity index (χ3n) is 4.79. The second kappa shape index (κ2) is 5.92.